The summed E-state index contributed by atoms with van der Waals surface area (Å²) in [5.41, 5.74) is 4.03. The van der Waals surface area contributed by atoms with Crippen LogP contribution in [0.25, 0.3) is 0 Å². The van der Waals surface area contributed by atoms with Crippen LogP contribution in [0.3, 0.4) is 0 Å². The highest BCUT2D eigenvalue weighted by Crippen LogP contribution is 2.14. The molecule has 0 aliphatic carbocycles. The Morgan fingerprint density at radius 3 is 3.00 bits per heavy atom. The second-order valence-corrected chi connectivity index (χ2v) is 3.44. The maximum absolute atomic E-state index is 10.1. The van der Waals surface area contributed by atoms with Crippen LogP contribution in [0.15, 0.2) is 23.3 Å². The largest absolute Gasteiger partial charge is 0.464 e. The van der Waals surface area contributed by atoms with Gasteiger partial charge in [0.25, 0.3) is 0 Å². The summed E-state index contributed by atoms with van der Waals surface area (Å²) in [6.45, 7) is 1.94. The van der Waals surface area contributed by atoms with Gasteiger partial charge in [-0.05, 0) is 30.2 Å². The number of carbonyl (C=O) groups is 1. The number of nitrogens with one attached hydrogen (secondary N) is 1. The standard InChI is InChI=1S/C10H11ClN2O2/c1-7-6-9(11)3-2-8(7)4-5-12-13-10(14)15/h2-3,5-6,13H,4H2,1H3,(H,14,15)/b12-5+. The van der Waals surface area contributed by atoms with Crippen LogP contribution in [0.2, 0.25) is 5.02 Å². The van der Waals surface area contributed by atoms with E-state index < -0.39 is 6.09 Å². The number of hydrogen-bond donors (Lipinski definition) is 2. The molecule has 2 N–H and O–H groups in total. The molecule has 0 spiro atoms. The summed E-state index contributed by atoms with van der Waals surface area (Å²) >= 11 is 5.80. The normalized spacial score (nSPS) is 10.5. The summed E-state index contributed by atoms with van der Waals surface area (Å²) in [5, 5.41) is 12.5. The zero-order valence-electron chi connectivity index (χ0n) is 8.20. The monoisotopic (exact) mass is 226 g/mol. The first kappa shape index (κ1) is 11.5. The molecule has 4 nitrogen and oxygen atoms in total. The van der Waals surface area contributed by atoms with Gasteiger partial charge < -0.3 is 5.11 Å². The first-order valence-corrected chi connectivity index (χ1v) is 4.73. The van der Waals surface area contributed by atoms with Crippen LogP contribution in [0, 0.1) is 6.92 Å². The van der Waals surface area contributed by atoms with Gasteiger partial charge in [0, 0.05) is 17.7 Å². The number of amides is 1. The maximum Gasteiger partial charge on any atom is 0.425 e. The fourth-order valence-corrected chi connectivity index (χ4v) is 1.36. The number of halogens is 1. The third-order valence-corrected chi connectivity index (χ3v) is 2.10. The second kappa shape index (κ2) is 5.36. The molecule has 0 aliphatic heterocycles. The van der Waals surface area contributed by atoms with Crippen molar-refractivity contribution in [3.05, 3.63) is 34.3 Å². The molecule has 1 amide bonds. The lowest BCUT2D eigenvalue weighted by molar-refractivity contribution is 0.195. The van der Waals surface area contributed by atoms with Crippen molar-refractivity contribution in [3.63, 3.8) is 0 Å². The third-order valence-electron chi connectivity index (χ3n) is 1.87. The number of benzene rings is 1. The van der Waals surface area contributed by atoms with Gasteiger partial charge in [0.2, 0.25) is 0 Å². The van der Waals surface area contributed by atoms with Crippen molar-refractivity contribution in [2.24, 2.45) is 5.10 Å². The Hall–Kier alpha value is -1.55. The smallest absolute Gasteiger partial charge is 0.425 e. The van der Waals surface area contributed by atoms with Crippen molar-refractivity contribution in [2.45, 2.75) is 13.3 Å². The van der Waals surface area contributed by atoms with Gasteiger partial charge in [-0.1, -0.05) is 17.7 Å². The fraction of sp³-hybridized carbons (Fsp3) is 0.200. The minimum Gasteiger partial charge on any atom is -0.464 e. The van der Waals surface area contributed by atoms with Crippen molar-refractivity contribution in [1.82, 2.24) is 5.43 Å². The Morgan fingerprint density at radius 2 is 2.40 bits per heavy atom. The number of hydrazone groups is 1. The van der Waals surface area contributed by atoms with Gasteiger partial charge in [-0.25, -0.2) is 10.2 Å². The van der Waals surface area contributed by atoms with Gasteiger partial charge in [0.15, 0.2) is 0 Å². The molecule has 15 heavy (non-hydrogen) atoms. The van der Waals surface area contributed by atoms with Crippen LogP contribution < -0.4 is 5.43 Å². The molecule has 0 aliphatic rings. The van der Waals surface area contributed by atoms with Crippen LogP contribution >= 0.6 is 11.6 Å². The van der Waals surface area contributed by atoms with Crippen molar-refractivity contribution in [3.8, 4) is 0 Å². The molecule has 80 valence electrons. The van der Waals surface area contributed by atoms with E-state index in [1.807, 2.05) is 24.5 Å². The maximum atomic E-state index is 10.1. The summed E-state index contributed by atoms with van der Waals surface area (Å²) in [4.78, 5) is 10.1. The lowest BCUT2D eigenvalue weighted by Gasteiger charge is -2.02. The lowest BCUT2D eigenvalue weighted by atomic mass is 10.1. The zero-order valence-corrected chi connectivity index (χ0v) is 8.95. The van der Waals surface area contributed by atoms with Gasteiger partial charge in [-0.3, -0.25) is 0 Å². The molecule has 0 fully saturated rings. The summed E-state index contributed by atoms with van der Waals surface area (Å²) in [7, 11) is 0. The molecular formula is C10H11ClN2O2. The molecule has 0 atom stereocenters. The minimum atomic E-state index is -1.17. The minimum absolute atomic E-state index is 0.573. The zero-order chi connectivity index (χ0) is 11.3. The highest BCUT2D eigenvalue weighted by atomic mass is 35.5. The Morgan fingerprint density at radius 1 is 1.67 bits per heavy atom. The average molecular weight is 227 g/mol. The number of nitrogens with zero attached hydrogens (tertiary/aromatic N) is 1. The topological polar surface area (TPSA) is 61.7 Å². The second-order valence-electron chi connectivity index (χ2n) is 3.00. The molecule has 1 rings (SSSR count). The summed E-state index contributed by atoms with van der Waals surface area (Å²) < 4.78 is 0. The van der Waals surface area contributed by atoms with Crippen LogP contribution in [0.1, 0.15) is 11.1 Å². The van der Waals surface area contributed by atoms with Crippen LogP contribution in [-0.2, 0) is 6.42 Å². The van der Waals surface area contributed by atoms with E-state index in [0.29, 0.717) is 11.4 Å². The van der Waals surface area contributed by atoms with Crippen molar-refractivity contribution >= 4 is 23.9 Å². The van der Waals surface area contributed by atoms with Crippen LogP contribution in [0.5, 0.6) is 0 Å². The first-order valence-electron chi connectivity index (χ1n) is 4.35. The van der Waals surface area contributed by atoms with E-state index in [2.05, 4.69) is 5.10 Å². The fourth-order valence-electron chi connectivity index (χ4n) is 1.13. The van der Waals surface area contributed by atoms with E-state index in [1.54, 1.807) is 6.07 Å². The molecule has 0 bridgehead atoms. The number of rotatable bonds is 3. The summed E-state index contributed by atoms with van der Waals surface area (Å²) in [6, 6.07) is 5.54. The van der Waals surface area contributed by atoms with Crippen LogP contribution in [-0.4, -0.2) is 17.4 Å². The van der Waals surface area contributed by atoms with E-state index in [4.69, 9.17) is 16.7 Å². The lowest BCUT2D eigenvalue weighted by Crippen LogP contribution is -2.13. The van der Waals surface area contributed by atoms with E-state index >= 15 is 0 Å². The van der Waals surface area contributed by atoms with Crippen molar-refractivity contribution < 1.29 is 9.90 Å². The molecule has 0 saturated carbocycles. The molecule has 1 aromatic rings. The number of carboxylic acid groups (broad SMARTS) is 1. The first-order chi connectivity index (χ1) is 7.09. The Kier molecular flexibility index (Phi) is 4.12. The molecule has 0 saturated heterocycles. The van der Waals surface area contributed by atoms with Gasteiger partial charge >= 0.3 is 6.09 Å². The Balaban J connectivity index is 2.58. The van der Waals surface area contributed by atoms with Gasteiger partial charge in [-0.2, -0.15) is 5.10 Å². The molecule has 0 aromatic heterocycles. The molecule has 5 heteroatoms. The SMILES string of the molecule is Cc1cc(Cl)ccc1C/C=N/NC(=O)O. The molecule has 1 aromatic carbocycles. The molecular weight excluding hydrogens is 216 g/mol. The van der Waals surface area contributed by atoms with Crippen LogP contribution in [0.4, 0.5) is 4.79 Å². The summed E-state index contributed by atoms with van der Waals surface area (Å²) in [5.74, 6) is 0. The van der Waals surface area contributed by atoms with Gasteiger partial charge in [0.1, 0.15) is 0 Å². The number of aryl methyl sites for hydroxylation is 1. The predicted octanol–water partition coefficient (Wildman–Crippen LogP) is 2.44. The van der Waals surface area contributed by atoms with E-state index in [1.165, 1.54) is 6.21 Å². The third kappa shape index (κ3) is 3.99. The molecule has 0 unspecified atom stereocenters. The van der Waals surface area contributed by atoms with Crippen molar-refractivity contribution in [2.75, 3.05) is 0 Å². The predicted molar refractivity (Wildman–Crippen MR) is 59.5 cm³/mol. The number of hydrogen-bond acceptors (Lipinski definition) is 2. The van der Waals surface area contributed by atoms with E-state index in [9.17, 15) is 4.79 Å². The quantitative estimate of drug-likeness (QED) is 0.614. The van der Waals surface area contributed by atoms with Gasteiger partial charge in [0.05, 0.1) is 0 Å². The van der Waals surface area contributed by atoms with Crippen molar-refractivity contribution in [1.29, 1.82) is 0 Å². The van der Waals surface area contributed by atoms with Gasteiger partial charge in [-0.15, -0.1) is 0 Å². The molecule has 0 heterocycles. The highest BCUT2D eigenvalue weighted by Gasteiger charge is 1.97. The Labute approximate surface area is 92.6 Å². The van der Waals surface area contributed by atoms with E-state index in [0.717, 1.165) is 11.1 Å². The molecule has 0 radical (unpaired) electrons. The Bertz CT molecular complexity index is 391. The average Bonchev–Trinajstić information content (AvgIpc) is 2.14. The van der Waals surface area contributed by atoms with E-state index in [-0.39, 0.29) is 0 Å². The summed E-state index contributed by atoms with van der Waals surface area (Å²) in [6.07, 6.45) is 0.910. The highest BCUT2D eigenvalue weighted by molar-refractivity contribution is 6.30.